The van der Waals surface area contributed by atoms with Gasteiger partial charge < -0.3 is 14.3 Å². The van der Waals surface area contributed by atoms with Crippen molar-refractivity contribution in [3.8, 4) is 0 Å². The van der Waals surface area contributed by atoms with Crippen LogP contribution in [0.3, 0.4) is 0 Å². The Morgan fingerprint density at radius 1 is 0.919 bits per heavy atom. The van der Waals surface area contributed by atoms with Crippen LogP contribution < -0.4 is 0 Å². The Labute approximate surface area is 226 Å². The maximum absolute atomic E-state index is 12.4. The number of likely N-dealkylation sites (N-methyl/N-ethyl adjacent to an activating group) is 1. The van der Waals surface area contributed by atoms with E-state index in [9.17, 15) is 9.90 Å². The number of esters is 1. The zero-order valence-electron chi connectivity index (χ0n) is 24.3. The molecule has 0 aromatic heterocycles. The van der Waals surface area contributed by atoms with Crippen molar-refractivity contribution in [2.45, 2.75) is 129 Å². The summed E-state index contributed by atoms with van der Waals surface area (Å²) >= 11 is 0. The SMILES string of the molecule is CC(=O)OC1C([N+]2(C)CCCCC2)C[C@H]2[C@@H]3CCC4CC(O)C(N5CCCCC5)C[C@]4(C)[C@@H]3CC[C@]12C. The Morgan fingerprint density at radius 3 is 2.32 bits per heavy atom. The van der Waals surface area contributed by atoms with Crippen molar-refractivity contribution >= 4 is 5.97 Å². The average molecular weight is 516 g/mol. The number of aliphatic hydroxyl groups is 1. The normalized spacial score (nSPS) is 50.0. The van der Waals surface area contributed by atoms with Crippen molar-refractivity contribution in [2.75, 3.05) is 33.2 Å². The lowest BCUT2D eigenvalue weighted by atomic mass is 9.44. The van der Waals surface area contributed by atoms with Gasteiger partial charge in [-0.15, -0.1) is 0 Å². The van der Waals surface area contributed by atoms with E-state index in [1.54, 1.807) is 6.92 Å². The molecule has 5 nitrogen and oxygen atoms in total. The molecule has 0 aromatic carbocycles. The van der Waals surface area contributed by atoms with Crippen molar-refractivity contribution in [2.24, 2.45) is 34.5 Å². The summed E-state index contributed by atoms with van der Waals surface area (Å²) in [5.41, 5.74) is 0.448. The minimum atomic E-state index is -0.144. The number of quaternary nitrogens is 1. The highest BCUT2D eigenvalue weighted by Gasteiger charge is 2.67. The quantitative estimate of drug-likeness (QED) is 0.404. The monoisotopic (exact) mass is 515 g/mol. The molecule has 0 spiro atoms. The van der Waals surface area contributed by atoms with Crippen LogP contribution >= 0.6 is 0 Å². The van der Waals surface area contributed by atoms with Gasteiger partial charge in [0.25, 0.3) is 0 Å². The van der Waals surface area contributed by atoms with Gasteiger partial charge in [0.2, 0.25) is 0 Å². The van der Waals surface area contributed by atoms with E-state index in [1.165, 1.54) is 103 Å². The maximum atomic E-state index is 12.4. The Bertz CT molecular complexity index is 851. The van der Waals surface area contributed by atoms with Gasteiger partial charge in [0.1, 0.15) is 6.04 Å². The Morgan fingerprint density at radius 2 is 1.62 bits per heavy atom. The molecule has 10 atom stereocenters. The second kappa shape index (κ2) is 9.77. The molecule has 5 heteroatoms. The molecule has 2 saturated heterocycles. The van der Waals surface area contributed by atoms with E-state index in [0.717, 1.165) is 22.7 Å². The van der Waals surface area contributed by atoms with Crippen LogP contribution in [-0.2, 0) is 9.53 Å². The first-order valence-electron chi connectivity index (χ1n) is 16.1. The molecule has 210 valence electrons. The number of hydrogen-bond acceptors (Lipinski definition) is 4. The molecule has 5 unspecified atom stereocenters. The smallest absolute Gasteiger partial charge is 0.303 e. The molecule has 4 aliphatic carbocycles. The van der Waals surface area contributed by atoms with Gasteiger partial charge in [-0.2, -0.15) is 0 Å². The fourth-order valence-corrected chi connectivity index (χ4v) is 11.4. The number of rotatable bonds is 3. The van der Waals surface area contributed by atoms with Crippen molar-refractivity contribution in [1.29, 1.82) is 0 Å². The van der Waals surface area contributed by atoms with Gasteiger partial charge in [-0.25, -0.2) is 0 Å². The molecule has 0 bridgehead atoms. The summed E-state index contributed by atoms with van der Waals surface area (Å²) in [4.78, 5) is 15.1. The first kappa shape index (κ1) is 26.6. The minimum absolute atomic E-state index is 0.0684. The summed E-state index contributed by atoms with van der Waals surface area (Å²) in [6.07, 6.45) is 16.4. The Balaban J connectivity index is 1.28. The lowest BCUT2D eigenvalue weighted by Crippen LogP contribution is -2.61. The molecule has 0 aromatic rings. The molecule has 4 saturated carbocycles. The van der Waals surface area contributed by atoms with E-state index in [-0.39, 0.29) is 23.6 Å². The number of carbonyl (C=O) groups is 1. The van der Waals surface area contributed by atoms with Crippen molar-refractivity contribution in [3.05, 3.63) is 0 Å². The summed E-state index contributed by atoms with van der Waals surface area (Å²) in [6.45, 7) is 11.6. The molecule has 2 aliphatic heterocycles. The minimum Gasteiger partial charge on any atom is -0.456 e. The molecule has 6 aliphatic rings. The van der Waals surface area contributed by atoms with Gasteiger partial charge in [0, 0.05) is 24.8 Å². The summed E-state index contributed by atoms with van der Waals surface area (Å²) in [6, 6.07) is 0.814. The number of hydrogen-bond donors (Lipinski definition) is 1. The molecule has 2 heterocycles. The van der Waals surface area contributed by atoms with E-state index in [4.69, 9.17) is 4.74 Å². The topological polar surface area (TPSA) is 49.8 Å². The van der Waals surface area contributed by atoms with E-state index in [1.807, 2.05) is 0 Å². The molecule has 6 fully saturated rings. The van der Waals surface area contributed by atoms with Gasteiger partial charge in [-0.1, -0.05) is 20.3 Å². The third-order valence-corrected chi connectivity index (χ3v) is 13.4. The van der Waals surface area contributed by atoms with Gasteiger partial charge >= 0.3 is 5.97 Å². The number of fused-ring (bicyclic) bond motifs is 5. The lowest BCUT2D eigenvalue weighted by molar-refractivity contribution is -0.940. The Kier molecular flexibility index (Phi) is 7.01. The van der Waals surface area contributed by atoms with Crippen LogP contribution in [0.15, 0.2) is 0 Å². The molecular formula is C32H55N2O3+. The van der Waals surface area contributed by atoms with Gasteiger partial charge in [0.15, 0.2) is 6.10 Å². The number of likely N-dealkylation sites (tertiary alicyclic amines) is 2. The second-order valence-electron chi connectivity index (χ2n) is 15.2. The van der Waals surface area contributed by atoms with Crippen molar-refractivity contribution < 1.29 is 19.1 Å². The highest BCUT2D eigenvalue weighted by Crippen LogP contribution is 2.67. The first-order valence-corrected chi connectivity index (χ1v) is 16.1. The summed E-state index contributed by atoms with van der Waals surface area (Å²) < 4.78 is 7.46. The van der Waals surface area contributed by atoms with Crippen molar-refractivity contribution in [3.63, 3.8) is 0 Å². The standard InChI is InChI=1S/C32H55N2O3/c1-22(35)37-30-28(34(4)17-9-6-10-18-34)20-26-24-12-11-23-19-29(36)27(33-15-7-5-8-16-33)21-32(23,3)25(24)13-14-31(26,30)2/h23-30,36H,5-21H2,1-4H3/q+1/t23?,24-,25-,26+,27?,28?,29?,30?,31+,32+/m1/s1. The van der Waals surface area contributed by atoms with Crippen molar-refractivity contribution in [1.82, 2.24) is 4.90 Å². The second-order valence-corrected chi connectivity index (χ2v) is 15.2. The first-order chi connectivity index (χ1) is 17.7. The largest absolute Gasteiger partial charge is 0.456 e. The van der Waals surface area contributed by atoms with E-state index >= 15 is 0 Å². The molecular weight excluding hydrogens is 460 g/mol. The average Bonchev–Trinajstić information content (AvgIpc) is 3.17. The predicted octanol–water partition coefficient (Wildman–Crippen LogP) is 5.40. The van der Waals surface area contributed by atoms with Gasteiger partial charge in [0.05, 0.1) is 26.2 Å². The van der Waals surface area contributed by atoms with E-state index < -0.39 is 0 Å². The molecule has 0 amide bonds. The maximum Gasteiger partial charge on any atom is 0.303 e. The molecule has 37 heavy (non-hydrogen) atoms. The van der Waals surface area contributed by atoms with Crippen LogP contribution in [0.5, 0.6) is 0 Å². The van der Waals surface area contributed by atoms with E-state index in [2.05, 4.69) is 25.8 Å². The fraction of sp³-hybridized carbons (Fsp3) is 0.969. The number of aliphatic hydroxyl groups excluding tert-OH is 1. The van der Waals surface area contributed by atoms with Crippen LogP contribution in [0.25, 0.3) is 0 Å². The number of carbonyl (C=O) groups excluding carboxylic acids is 1. The van der Waals surface area contributed by atoms with E-state index in [0.29, 0.717) is 29.3 Å². The van der Waals surface area contributed by atoms with Gasteiger partial charge in [-0.05, 0) is 113 Å². The van der Waals surface area contributed by atoms with Crippen LogP contribution in [0, 0.1) is 34.5 Å². The zero-order valence-corrected chi connectivity index (χ0v) is 24.3. The van der Waals surface area contributed by atoms with Gasteiger partial charge in [-0.3, -0.25) is 9.69 Å². The third-order valence-electron chi connectivity index (χ3n) is 13.4. The number of piperidine rings is 2. The molecule has 6 rings (SSSR count). The highest BCUT2D eigenvalue weighted by atomic mass is 16.5. The van der Waals surface area contributed by atoms with Crippen LogP contribution in [0.2, 0.25) is 0 Å². The number of nitrogens with zero attached hydrogens (tertiary/aromatic N) is 2. The summed E-state index contributed by atoms with van der Waals surface area (Å²) in [7, 11) is 2.47. The highest BCUT2D eigenvalue weighted by molar-refractivity contribution is 5.66. The van der Waals surface area contributed by atoms with Crippen LogP contribution in [0.1, 0.15) is 104 Å². The van der Waals surface area contributed by atoms with Crippen LogP contribution in [0.4, 0.5) is 0 Å². The lowest BCUT2D eigenvalue weighted by Gasteiger charge is -2.62. The van der Waals surface area contributed by atoms with Crippen LogP contribution in [-0.4, -0.2) is 78.0 Å². The summed E-state index contributed by atoms with van der Waals surface area (Å²) in [5, 5.41) is 11.3. The molecule has 1 N–H and O–H groups in total. The third kappa shape index (κ3) is 4.32. The molecule has 0 radical (unpaired) electrons. The number of ether oxygens (including phenoxy) is 1. The fourth-order valence-electron chi connectivity index (χ4n) is 11.4. The Hall–Kier alpha value is -0.650. The zero-order chi connectivity index (χ0) is 26.0. The summed E-state index contributed by atoms with van der Waals surface area (Å²) in [5.74, 6) is 2.76. The predicted molar refractivity (Wildman–Crippen MR) is 147 cm³/mol.